The Kier molecular flexibility index (Phi) is 4.98. The van der Waals surface area contributed by atoms with Gasteiger partial charge in [0.05, 0.1) is 6.61 Å². The van der Waals surface area contributed by atoms with Crippen LogP contribution < -0.4 is 10.1 Å². The van der Waals surface area contributed by atoms with Crippen molar-refractivity contribution in [2.24, 2.45) is 0 Å². The second kappa shape index (κ2) is 6.95. The van der Waals surface area contributed by atoms with Crippen molar-refractivity contribution in [3.05, 3.63) is 60.2 Å². The molecule has 4 heteroatoms. The highest BCUT2D eigenvalue weighted by Crippen LogP contribution is 2.14. The molecule has 0 aliphatic carbocycles. The molecular formula is C15H14BrNO2. The summed E-state index contributed by atoms with van der Waals surface area (Å²) in [7, 11) is 0. The number of anilines is 1. The van der Waals surface area contributed by atoms with E-state index in [0.29, 0.717) is 12.2 Å². The molecule has 0 aromatic heterocycles. The zero-order valence-electron chi connectivity index (χ0n) is 10.3. The van der Waals surface area contributed by atoms with Gasteiger partial charge in [-0.3, -0.25) is 4.79 Å². The molecule has 2 aromatic carbocycles. The lowest BCUT2D eigenvalue weighted by atomic mass is 10.2. The number of carbonyl (C=O) groups is 1. The Morgan fingerprint density at radius 3 is 2.37 bits per heavy atom. The number of para-hydroxylation sites is 1. The van der Waals surface area contributed by atoms with Crippen molar-refractivity contribution in [2.45, 2.75) is 0 Å². The molecule has 0 atom stereocenters. The Labute approximate surface area is 120 Å². The quantitative estimate of drug-likeness (QED) is 0.853. The monoisotopic (exact) mass is 319 g/mol. The van der Waals surface area contributed by atoms with Crippen molar-refractivity contribution in [3.8, 4) is 5.75 Å². The molecular weight excluding hydrogens is 306 g/mol. The minimum absolute atomic E-state index is 0.127. The summed E-state index contributed by atoms with van der Waals surface area (Å²) in [4.78, 5) is 12.0. The Morgan fingerprint density at radius 2 is 1.74 bits per heavy atom. The summed E-state index contributed by atoms with van der Waals surface area (Å²) in [5.74, 6) is 0.633. The van der Waals surface area contributed by atoms with Crippen LogP contribution in [0.5, 0.6) is 5.75 Å². The zero-order valence-corrected chi connectivity index (χ0v) is 11.9. The van der Waals surface area contributed by atoms with Crippen molar-refractivity contribution >= 4 is 27.5 Å². The minimum Gasteiger partial charge on any atom is -0.493 e. The van der Waals surface area contributed by atoms with Crippen molar-refractivity contribution in [2.75, 3.05) is 17.3 Å². The van der Waals surface area contributed by atoms with Gasteiger partial charge in [0.25, 0.3) is 5.91 Å². The second-order valence-electron chi connectivity index (χ2n) is 3.88. The van der Waals surface area contributed by atoms with Gasteiger partial charge in [-0.05, 0) is 36.4 Å². The number of alkyl halides is 1. The predicted molar refractivity (Wildman–Crippen MR) is 80.1 cm³/mol. The van der Waals surface area contributed by atoms with Gasteiger partial charge in [-0.25, -0.2) is 0 Å². The standard InChI is InChI=1S/C15H14BrNO2/c16-10-11-19-14-8-6-12(7-9-14)15(18)17-13-4-2-1-3-5-13/h1-9H,10-11H2,(H,17,18). The molecule has 0 fully saturated rings. The van der Waals surface area contributed by atoms with Crippen LogP contribution in [0.1, 0.15) is 10.4 Å². The predicted octanol–water partition coefficient (Wildman–Crippen LogP) is 3.71. The molecule has 0 aliphatic rings. The molecule has 0 heterocycles. The summed E-state index contributed by atoms with van der Waals surface area (Å²) in [5.41, 5.74) is 1.39. The average Bonchev–Trinajstić information content (AvgIpc) is 2.46. The minimum atomic E-state index is -0.127. The van der Waals surface area contributed by atoms with Crippen molar-refractivity contribution < 1.29 is 9.53 Å². The highest BCUT2D eigenvalue weighted by molar-refractivity contribution is 9.09. The highest BCUT2D eigenvalue weighted by atomic mass is 79.9. The van der Waals surface area contributed by atoms with Crippen LogP contribution in [0.2, 0.25) is 0 Å². The number of nitrogens with one attached hydrogen (secondary N) is 1. The fourth-order valence-corrected chi connectivity index (χ4v) is 1.75. The first-order valence-corrected chi connectivity index (χ1v) is 7.07. The van der Waals surface area contributed by atoms with Gasteiger partial charge in [-0.1, -0.05) is 34.1 Å². The molecule has 98 valence electrons. The van der Waals surface area contributed by atoms with Gasteiger partial charge in [0.1, 0.15) is 5.75 Å². The summed E-state index contributed by atoms with van der Waals surface area (Å²) in [5, 5.41) is 3.61. The smallest absolute Gasteiger partial charge is 0.255 e. The van der Waals surface area contributed by atoms with E-state index in [2.05, 4.69) is 21.2 Å². The van der Waals surface area contributed by atoms with E-state index in [9.17, 15) is 4.79 Å². The lowest BCUT2D eigenvalue weighted by molar-refractivity contribution is 0.102. The number of ether oxygens (including phenoxy) is 1. The molecule has 0 radical (unpaired) electrons. The Bertz CT molecular complexity index is 526. The fourth-order valence-electron chi connectivity index (χ4n) is 1.58. The van der Waals surface area contributed by atoms with Crippen molar-refractivity contribution in [3.63, 3.8) is 0 Å². The van der Waals surface area contributed by atoms with Crippen molar-refractivity contribution in [1.82, 2.24) is 0 Å². The van der Waals surface area contributed by atoms with Gasteiger partial charge in [-0.15, -0.1) is 0 Å². The number of hydrogen-bond acceptors (Lipinski definition) is 2. The first kappa shape index (κ1) is 13.6. The third kappa shape index (κ3) is 4.10. The van der Waals surface area contributed by atoms with E-state index in [1.165, 1.54) is 0 Å². The van der Waals surface area contributed by atoms with Gasteiger partial charge >= 0.3 is 0 Å². The van der Waals surface area contributed by atoms with Crippen LogP contribution in [-0.4, -0.2) is 17.8 Å². The summed E-state index contributed by atoms with van der Waals surface area (Å²) >= 11 is 3.29. The van der Waals surface area contributed by atoms with Crippen LogP contribution in [0, 0.1) is 0 Å². The maximum Gasteiger partial charge on any atom is 0.255 e. The number of rotatable bonds is 5. The van der Waals surface area contributed by atoms with Gasteiger partial charge < -0.3 is 10.1 Å². The Morgan fingerprint density at radius 1 is 1.05 bits per heavy atom. The number of amides is 1. The maximum absolute atomic E-state index is 12.0. The molecule has 3 nitrogen and oxygen atoms in total. The van der Waals surface area contributed by atoms with Crippen LogP contribution in [0.15, 0.2) is 54.6 Å². The molecule has 2 aromatic rings. The molecule has 0 saturated heterocycles. The molecule has 0 saturated carbocycles. The van der Waals surface area contributed by atoms with Crippen LogP contribution in [-0.2, 0) is 0 Å². The lowest BCUT2D eigenvalue weighted by Crippen LogP contribution is -2.11. The van der Waals surface area contributed by atoms with E-state index >= 15 is 0 Å². The van der Waals surface area contributed by atoms with Gasteiger partial charge in [0.2, 0.25) is 0 Å². The summed E-state index contributed by atoms with van der Waals surface area (Å²) in [6.45, 7) is 0.607. The fraction of sp³-hybridized carbons (Fsp3) is 0.133. The Hall–Kier alpha value is -1.81. The van der Waals surface area contributed by atoms with E-state index in [0.717, 1.165) is 16.8 Å². The van der Waals surface area contributed by atoms with E-state index < -0.39 is 0 Å². The van der Waals surface area contributed by atoms with Crippen molar-refractivity contribution in [1.29, 1.82) is 0 Å². The van der Waals surface area contributed by atoms with Crippen LogP contribution in [0.4, 0.5) is 5.69 Å². The lowest BCUT2D eigenvalue weighted by Gasteiger charge is -2.07. The topological polar surface area (TPSA) is 38.3 Å². The van der Waals surface area contributed by atoms with E-state index in [1.54, 1.807) is 24.3 Å². The average molecular weight is 320 g/mol. The van der Waals surface area contributed by atoms with E-state index in [-0.39, 0.29) is 5.91 Å². The van der Waals surface area contributed by atoms with Crippen LogP contribution in [0.25, 0.3) is 0 Å². The maximum atomic E-state index is 12.0. The third-order valence-electron chi connectivity index (χ3n) is 2.49. The molecule has 1 N–H and O–H groups in total. The second-order valence-corrected chi connectivity index (χ2v) is 4.67. The number of hydrogen-bond donors (Lipinski definition) is 1. The normalized spacial score (nSPS) is 9.95. The molecule has 0 aliphatic heterocycles. The van der Waals surface area contributed by atoms with E-state index in [1.807, 2.05) is 30.3 Å². The van der Waals surface area contributed by atoms with E-state index in [4.69, 9.17) is 4.74 Å². The van der Waals surface area contributed by atoms with Gasteiger partial charge in [0.15, 0.2) is 0 Å². The number of benzene rings is 2. The third-order valence-corrected chi connectivity index (χ3v) is 2.82. The molecule has 0 spiro atoms. The largest absolute Gasteiger partial charge is 0.493 e. The Balaban J connectivity index is 1.99. The number of carbonyl (C=O) groups excluding carboxylic acids is 1. The first-order valence-electron chi connectivity index (χ1n) is 5.95. The highest BCUT2D eigenvalue weighted by Gasteiger charge is 2.05. The molecule has 0 bridgehead atoms. The summed E-state index contributed by atoms with van der Waals surface area (Å²) in [6, 6.07) is 16.5. The SMILES string of the molecule is O=C(Nc1ccccc1)c1ccc(OCCBr)cc1. The molecule has 1 amide bonds. The number of halogens is 1. The van der Waals surface area contributed by atoms with Crippen LogP contribution >= 0.6 is 15.9 Å². The zero-order chi connectivity index (χ0) is 13.5. The van der Waals surface area contributed by atoms with Gasteiger partial charge in [-0.2, -0.15) is 0 Å². The van der Waals surface area contributed by atoms with Gasteiger partial charge in [0, 0.05) is 16.6 Å². The molecule has 0 unspecified atom stereocenters. The molecule has 2 rings (SSSR count). The first-order chi connectivity index (χ1) is 9.29. The molecule has 19 heavy (non-hydrogen) atoms. The summed E-state index contributed by atoms with van der Waals surface area (Å²) in [6.07, 6.45) is 0. The van der Waals surface area contributed by atoms with Crippen LogP contribution in [0.3, 0.4) is 0 Å². The summed E-state index contributed by atoms with van der Waals surface area (Å²) < 4.78 is 5.43.